The van der Waals surface area contributed by atoms with Crippen molar-refractivity contribution >= 4 is 17.5 Å². The zero-order chi connectivity index (χ0) is 26.4. The van der Waals surface area contributed by atoms with Crippen LogP contribution in [0.25, 0.3) is 0 Å². The topological polar surface area (TPSA) is 108 Å². The molecule has 2 N–H and O–H groups in total. The van der Waals surface area contributed by atoms with Crippen LogP contribution in [0.15, 0.2) is 67.3 Å². The number of pyridine rings is 2. The Labute approximate surface area is 217 Å². The molecule has 0 radical (unpaired) electrons. The first-order valence-electron chi connectivity index (χ1n) is 12.4. The van der Waals surface area contributed by atoms with E-state index in [1.807, 2.05) is 33.0 Å². The zero-order valence-corrected chi connectivity index (χ0v) is 21.4. The van der Waals surface area contributed by atoms with Gasteiger partial charge < -0.3 is 20.1 Å². The summed E-state index contributed by atoms with van der Waals surface area (Å²) in [6, 6.07) is 12.0. The number of benzene rings is 1. The van der Waals surface area contributed by atoms with E-state index in [-0.39, 0.29) is 36.5 Å². The number of carbonyl (C=O) groups is 2. The summed E-state index contributed by atoms with van der Waals surface area (Å²) in [4.78, 5) is 38.5. The lowest BCUT2D eigenvalue weighted by atomic mass is 9.98. The third kappa shape index (κ3) is 6.31. The number of aromatic nitrogens is 2. The maximum absolute atomic E-state index is 13.6. The summed E-state index contributed by atoms with van der Waals surface area (Å²) in [5, 5.41) is 12.8. The van der Waals surface area contributed by atoms with Crippen LogP contribution in [0.4, 0.5) is 5.69 Å². The molecule has 0 saturated carbocycles. The molecule has 3 heterocycles. The van der Waals surface area contributed by atoms with Gasteiger partial charge in [-0.1, -0.05) is 13.0 Å². The van der Waals surface area contributed by atoms with Gasteiger partial charge in [0, 0.05) is 55.9 Å². The van der Waals surface area contributed by atoms with Crippen molar-refractivity contribution in [3.63, 3.8) is 0 Å². The molecular weight excluding hydrogens is 470 g/mol. The van der Waals surface area contributed by atoms with Crippen LogP contribution in [0.5, 0.6) is 5.75 Å². The molecule has 0 spiro atoms. The molecular formula is C28H33N5O4. The standard InChI is InChI=1S/C28H33N5O4/c1-19-15-33(20(2)18-34)28(36)23-5-4-6-24(31-27(35)22-9-13-30-14-10-22)26(23)37-25(19)17-32(3)16-21-7-11-29-12-8-21/h4-14,19-20,25,34H,15-18H2,1-3H3,(H,31,35)/t19-,20+,25-/m1/s1. The molecule has 0 bridgehead atoms. The number of anilines is 1. The van der Waals surface area contributed by atoms with Gasteiger partial charge in [0.15, 0.2) is 5.75 Å². The van der Waals surface area contributed by atoms with Crippen LogP contribution in [0, 0.1) is 5.92 Å². The van der Waals surface area contributed by atoms with Gasteiger partial charge in [-0.2, -0.15) is 0 Å². The lowest BCUT2D eigenvalue weighted by Crippen LogP contribution is -2.49. The summed E-state index contributed by atoms with van der Waals surface area (Å²) in [5.41, 5.74) is 2.34. The van der Waals surface area contributed by atoms with Crippen LogP contribution >= 0.6 is 0 Å². The van der Waals surface area contributed by atoms with Crippen molar-refractivity contribution in [1.82, 2.24) is 19.8 Å². The zero-order valence-electron chi connectivity index (χ0n) is 21.4. The van der Waals surface area contributed by atoms with Crippen LogP contribution in [-0.2, 0) is 6.54 Å². The maximum atomic E-state index is 13.6. The fraction of sp³-hybridized carbons (Fsp3) is 0.357. The van der Waals surface area contributed by atoms with E-state index in [1.54, 1.807) is 60.0 Å². The smallest absolute Gasteiger partial charge is 0.258 e. The van der Waals surface area contributed by atoms with Crippen molar-refractivity contribution in [3.05, 3.63) is 83.9 Å². The molecule has 2 amide bonds. The Morgan fingerprint density at radius 1 is 1.16 bits per heavy atom. The molecule has 0 aliphatic carbocycles. The fourth-order valence-corrected chi connectivity index (χ4v) is 4.43. The third-order valence-electron chi connectivity index (χ3n) is 6.58. The van der Waals surface area contributed by atoms with Gasteiger partial charge in [0.2, 0.25) is 0 Å². The van der Waals surface area contributed by atoms with Gasteiger partial charge in [0.1, 0.15) is 6.10 Å². The van der Waals surface area contributed by atoms with Crippen molar-refractivity contribution in [2.75, 3.05) is 32.1 Å². The minimum atomic E-state index is -0.369. The first-order valence-corrected chi connectivity index (χ1v) is 12.4. The van der Waals surface area contributed by atoms with Crippen LogP contribution in [-0.4, -0.2) is 75.6 Å². The van der Waals surface area contributed by atoms with E-state index in [9.17, 15) is 14.7 Å². The number of carbonyl (C=O) groups excluding carboxylic acids is 2. The van der Waals surface area contributed by atoms with Gasteiger partial charge >= 0.3 is 0 Å². The SMILES string of the molecule is C[C@@H]1CN([C@@H](C)CO)C(=O)c2cccc(NC(=O)c3ccncc3)c2O[C@@H]1CN(C)Cc1ccncc1. The average Bonchev–Trinajstić information content (AvgIpc) is 2.91. The van der Waals surface area contributed by atoms with E-state index in [4.69, 9.17) is 4.74 Å². The van der Waals surface area contributed by atoms with Gasteiger partial charge in [-0.25, -0.2) is 0 Å². The van der Waals surface area contributed by atoms with Gasteiger partial charge in [-0.05, 0) is 55.9 Å². The highest BCUT2D eigenvalue weighted by Gasteiger charge is 2.34. The molecule has 0 fully saturated rings. The summed E-state index contributed by atoms with van der Waals surface area (Å²) in [6.07, 6.45) is 6.35. The summed E-state index contributed by atoms with van der Waals surface area (Å²) >= 11 is 0. The lowest BCUT2D eigenvalue weighted by molar-refractivity contribution is 0.0343. The quantitative estimate of drug-likeness (QED) is 0.486. The number of hydrogen-bond donors (Lipinski definition) is 2. The van der Waals surface area contributed by atoms with E-state index < -0.39 is 0 Å². The molecule has 1 aliphatic heterocycles. The van der Waals surface area contributed by atoms with Crippen molar-refractivity contribution in [3.8, 4) is 5.75 Å². The Kier molecular flexibility index (Phi) is 8.47. The van der Waals surface area contributed by atoms with E-state index in [2.05, 4.69) is 20.2 Å². The van der Waals surface area contributed by atoms with Crippen molar-refractivity contribution < 1.29 is 19.4 Å². The first-order chi connectivity index (χ1) is 17.9. The molecule has 9 heteroatoms. The monoisotopic (exact) mass is 503 g/mol. The number of rotatable bonds is 8. The molecule has 1 aliphatic rings. The summed E-state index contributed by atoms with van der Waals surface area (Å²) in [6.45, 7) is 5.44. The predicted molar refractivity (Wildman–Crippen MR) is 140 cm³/mol. The second-order valence-electron chi connectivity index (χ2n) is 9.55. The molecule has 2 aromatic heterocycles. The first kappa shape index (κ1) is 26.2. The number of para-hydroxylation sites is 1. The molecule has 3 aromatic rings. The summed E-state index contributed by atoms with van der Waals surface area (Å²) in [5.74, 6) is -0.283. The lowest BCUT2D eigenvalue weighted by Gasteiger charge is -2.38. The van der Waals surface area contributed by atoms with Gasteiger partial charge in [-0.15, -0.1) is 0 Å². The number of fused-ring (bicyclic) bond motifs is 1. The molecule has 0 saturated heterocycles. The molecule has 37 heavy (non-hydrogen) atoms. The molecule has 1 aromatic carbocycles. The average molecular weight is 504 g/mol. The highest BCUT2D eigenvalue weighted by Crippen LogP contribution is 2.35. The largest absolute Gasteiger partial charge is 0.486 e. The highest BCUT2D eigenvalue weighted by molar-refractivity contribution is 6.07. The van der Waals surface area contributed by atoms with Gasteiger partial charge in [0.25, 0.3) is 11.8 Å². The second-order valence-corrected chi connectivity index (χ2v) is 9.55. The highest BCUT2D eigenvalue weighted by atomic mass is 16.5. The van der Waals surface area contributed by atoms with E-state index >= 15 is 0 Å². The molecule has 4 rings (SSSR count). The summed E-state index contributed by atoms with van der Waals surface area (Å²) < 4.78 is 6.57. The normalized spacial score (nSPS) is 18.4. The Balaban J connectivity index is 1.67. The number of aliphatic hydroxyl groups excluding tert-OH is 1. The minimum absolute atomic E-state index is 0.0463. The molecule has 194 valence electrons. The Hall–Kier alpha value is -3.82. The molecule has 9 nitrogen and oxygen atoms in total. The number of amides is 2. The number of hydrogen-bond acceptors (Lipinski definition) is 7. The Morgan fingerprint density at radius 3 is 2.51 bits per heavy atom. The number of aliphatic hydroxyl groups is 1. The van der Waals surface area contributed by atoms with E-state index in [0.29, 0.717) is 42.2 Å². The van der Waals surface area contributed by atoms with E-state index in [1.165, 1.54) is 0 Å². The third-order valence-corrected chi connectivity index (χ3v) is 6.58. The Morgan fingerprint density at radius 2 is 1.84 bits per heavy atom. The second kappa shape index (κ2) is 11.9. The van der Waals surface area contributed by atoms with Crippen molar-refractivity contribution in [2.45, 2.75) is 32.5 Å². The maximum Gasteiger partial charge on any atom is 0.258 e. The van der Waals surface area contributed by atoms with Crippen LogP contribution < -0.4 is 10.1 Å². The van der Waals surface area contributed by atoms with E-state index in [0.717, 1.165) is 5.56 Å². The fourth-order valence-electron chi connectivity index (χ4n) is 4.43. The van der Waals surface area contributed by atoms with Crippen LogP contribution in [0.2, 0.25) is 0 Å². The number of nitrogens with one attached hydrogen (secondary N) is 1. The number of ether oxygens (including phenoxy) is 1. The number of nitrogens with zero attached hydrogens (tertiary/aromatic N) is 4. The van der Waals surface area contributed by atoms with Crippen molar-refractivity contribution in [2.24, 2.45) is 5.92 Å². The van der Waals surface area contributed by atoms with Gasteiger partial charge in [-0.3, -0.25) is 24.5 Å². The molecule has 3 atom stereocenters. The number of likely N-dealkylation sites (N-methyl/N-ethyl adjacent to an activating group) is 1. The van der Waals surface area contributed by atoms with Crippen molar-refractivity contribution in [1.29, 1.82) is 0 Å². The molecule has 0 unspecified atom stereocenters. The van der Waals surface area contributed by atoms with Crippen LogP contribution in [0.1, 0.15) is 40.1 Å². The van der Waals surface area contributed by atoms with Crippen LogP contribution in [0.3, 0.4) is 0 Å². The van der Waals surface area contributed by atoms with Gasteiger partial charge in [0.05, 0.1) is 23.9 Å². The predicted octanol–water partition coefficient (Wildman–Crippen LogP) is 3.08. The summed E-state index contributed by atoms with van der Waals surface area (Å²) in [7, 11) is 2.02. The Bertz CT molecular complexity index is 1210. The minimum Gasteiger partial charge on any atom is -0.486 e.